The maximum absolute atomic E-state index is 11.9. The highest BCUT2D eigenvalue weighted by atomic mass is 19.4. The van der Waals surface area contributed by atoms with Gasteiger partial charge in [0, 0.05) is 31.9 Å². The van der Waals surface area contributed by atoms with Crippen molar-refractivity contribution in [1.82, 2.24) is 5.32 Å². The summed E-state index contributed by atoms with van der Waals surface area (Å²) >= 11 is 0. The molecule has 0 aliphatic carbocycles. The van der Waals surface area contributed by atoms with Crippen molar-refractivity contribution in [3.05, 3.63) is 23.8 Å². The summed E-state index contributed by atoms with van der Waals surface area (Å²) in [6, 6.07) is 5.66. The van der Waals surface area contributed by atoms with Crippen LogP contribution in [0.1, 0.15) is 5.56 Å². The number of halogens is 3. The Labute approximate surface area is 121 Å². The number of hydrogen-bond acceptors (Lipinski definition) is 4. The highest BCUT2D eigenvalue weighted by Crippen LogP contribution is 2.25. The van der Waals surface area contributed by atoms with Crippen molar-refractivity contribution in [2.75, 3.05) is 44.5 Å². The molecule has 1 aromatic rings. The molecule has 0 unspecified atom stereocenters. The van der Waals surface area contributed by atoms with Gasteiger partial charge in [-0.1, -0.05) is 0 Å². The quantitative estimate of drug-likeness (QED) is 0.669. The molecule has 21 heavy (non-hydrogen) atoms. The molecule has 0 bridgehead atoms. The Kier molecular flexibility index (Phi) is 5.30. The summed E-state index contributed by atoms with van der Waals surface area (Å²) in [5.41, 5.74) is 1.97. The number of aryl methyl sites for hydroxylation is 1. The first kappa shape index (κ1) is 15.9. The Bertz CT molecular complexity index is 460. The van der Waals surface area contributed by atoms with Crippen LogP contribution in [-0.4, -0.2) is 45.8 Å². The van der Waals surface area contributed by atoms with Gasteiger partial charge < -0.3 is 19.7 Å². The molecule has 1 N–H and O–H groups in total. The molecule has 1 saturated heterocycles. The number of nitrogens with zero attached hydrogens (tertiary/aromatic N) is 1. The standard InChI is InChI=1S/C14H19F3N2O2/c1-11-8-12(19-6-4-18-5-7-19)2-3-13(11)21-10-20-9-14(15,16)17/h2-3,8,18H,4-7,9-10H2,1H3. The second-order valence-electron chi connectivity index (χ2n) is 4.91. The molecule has 0 amide bonds. The minimum absolute atomic E-state index is 0.409. The third-order valence-electron chi connectivity index (χ3n) is 3.20. The Morgan fingerprint density at radius 2 is 1.95 bits per heavy atom. The average Bonchev–Trinajstić information content (AvgIpc) is 2.45. The zero-order valence-corrected chi connectivity index (χ0v) is 11.9. The van der Waals surface area contributed by atoms with Gasteiger partial charge in [0.25, 0.3) is 0 Å². The van der Waals surface area contributed by atoms with Gasteiger partial charge >= 0.3 is 6.18 Å². The fraction of sp³-hybridized carbons (Fsp3) is 0.571. The van der Waals surface area contributed by atoms with E-state index in [0.29, 0.717) is 5.75 Å². The first-order valence-corrected chi connectivity index (χ1v) is 6.79. The van der Waals surface area contributed by atoms with Crippen molar-refractivity contribution in [1.29, 1.82) is 0 Å². The van der Waals surface area contributed by atoms with Crippen molar-refractivity contribution in [3.63, 3.8) is 0 Å². The number of rotatable bonds is 5. The first-order valence-electron chi connectivity index (χ1n) is 6.79. The Morgan fingerprint density at radius 3 is 2.57 bits per heavy atom. The molecule has 0 atom stereocenters. The number of nitrogens with one attached hydrogen (secondary N) is 1. The number of hydrogen-bond donors (Lipinski definition) is 1. The van der Waals surface area contributed by atoms with Crippen molar-refractivity contribution in [3.8, 4) is 5.75 Å². The molecule has 2 rings (SSSR count). The van der Waals surface area contributed by atoms with Crippen molar-refractivity contribution < 1.29 is 22.6 Å². The monoisotopic (exact) mass is 304 g/mol. The second-order valence-corrected chi connectivity index (χ2v) is 4.91. The van der Waals surface area contributed by atoms with Crippen LogP contribution in [0.3, 0.4) is 0 Å². The lowest BCUT2D eigenvalue weighted by molar-refractivity contribution is -0.186. The highest BCUT2D eigenvalue weighted by molar-refractivity contribution is 5.53. The molecule has 4 nitrogen and oxygen atoms in total. The molecule has 1 aliphatic heterocycles. The van der Waals surface area contributed by atoms with Gasteiger partial charge in [-0.3, -0.25) is 0 Å². The molecule has 1 heterocycles. The summed E-state index contributed by atoms with van der Waals surface area (Å²) in [5.74, 6) is 0.538. The summed E-state index contributed by atoms with van der Waals surface area (Å²) in [4.78, 5) is 2.26. The van der Waals surface area contributed by atoms with Gasteiger partial charge in [-0.15, -0.1) is 0 Å². The van der Waals surface area contributed by atoms with E-state index in [-0.39, 0.29) is 0 Å². The first-order chi connectivity index (χ1) is 9.96. The van der Waals surface area contributed by atoms with E-state index in [1.54, 1.807) is 6.07 Å². The number of alkyl halides is 3. The van der Waals surface area contributed by atoms with E-state index < -0.39 is 19.6 Å². The third-order valence-corrected chi connectivity index (χ3v) is 3.20. The predicted molar refractivity (Wildman–Crippen MR) is 73.8 cm³/mol. The Hall–Kier alpha value is -1.47. The van der Waals surface area contributed by atoms with Crippen LogP contribution in [0.4, 0.5) is 18.9 Å². The number of piperazine rings is 1. The lowest BCUT2D eigenvalue weighted by Gasteiger charge is -2.29. The van der Waals surface area contributed by atoms with Gasteiger partial charge in [0.2, 0.25) is 0 Å². The largest absolute Gasteiger partial charge is 0.467 e. The summed E-state index contributed by atoms with van der Waals surface area (Å²) in [7, 11) is 0. The average molecular weight is 304 g/mol. The van der Waals surface area contributed by atoms with Gasteiger partial charge in [0.05, 0.1) is 0 Å². The van der Waals surface area contributed by atoms with Crippen LogP contribution in [0.5, 0.6) is 5.75 Å². The van der Waals surface area contributed by atoms with Crippen LogP contribution in [0.25, 0.3) is 0 Å². The Balaban J connectivity index is 1.87. The zero-order chi connectivity index (χ0) is 15.3. The smallest absolute Gasteiger partial charge is 0.411 e. The number of ether oxygens (including phenoxy) is 2. The molecule has 118 valence electrons. The molecule has 0 saturated carbocycles. The molecule has 7 heteroatoms. The SMILES string of the molecule is Cc1cc(N2CCNCC2)ccc1OCOCC(F)(F)F. The molecule has 1 fully saturated rings. The van der Waals surface area contributed by atoms with Gasteiger partial charge in [0.1, 0.15) is 12.4 Å². The minimum Gasteiger partial charge on any atom is -0.467 e. The maximum atomic E-state index is 11.9. The van der Waals surface area contributed by atoms with E-state index >= 15 is 0 Å². The van der Waals surface area contributed by atoms with Crippen LogP contribution in [0.2, 0.25) is 0 Å². The van der Waals surface area contributed by atoms with Crippen LogP contribution in [-0.2, 0) is 4.74 Å². The van der Waals surface area contributed by atoms with E-state index in [1.165, 1.54) is 0 Å². The normalized spacial score (nSPS) is 16.1. The van der Waals surface area contributed by atoms with Crippen LogP contribution >= 0.6 is 0 Å². The fourth-order valence-corrected chi connectivity index (χ4v) is 2.18. The lowest BCUT2D eigenvalue weighted by atomic mass is 10.1. The summed E-state index contributed by atoms with van der Waals surface area (Å²) in [6.45, 7) is 3.93. The second kappa shape index (κ2) is 7.00. The molecule has 0 spiro atoms. The highest BCUT2D eigenvalue weighted by Gasteiger charge is 2.27. The van der Waals surface area contributed by atoms with E-state index in [4.69, 9.17) is 4.74 Å². The van der Waals surface area contributed by atoms with Crippen LogP contribution in [0.15, 0.2) is 18.2 Å². The molecule has 0 radical (unpaired) electrons. The minimum atomic E-state index is -4.33. The van der Waals surface area contributed by atoms with Gasteiger partial charge in [0.15, 0.2) is 6.79 Å². The number of anilines is 1. The predicted octanol–water partition coefficient (Wildman–Crippen LogP) is 2.32. The molecule has 0 aromatic heterocycles. The summed E-state index contributed by atoms with van der Waals surface area (Å²) in [5, 5.41) is 3.28. The molecule has 1 aromatic carbocycles. The van der Waals surface area contributed by atoms with Crippen LogP contribution < -0.4 is 15.0 Å². The maximum Gasteiger partial charge on any atom is 0.411 e. The van der Waals surface area contributed by atoms with Crippen molar-refractivity contribution >= 4 is 5.69 Å². The van der Waals surface area contributed by atoms with Gasteiger partial charge in [-0.05, 0) is 30.7 Å². The molecular formula is C14H19F3N2O2. The van der Waals surface area contributed by atoms with Crippen LogP contribution in [0, 0.1) is 6.92 Å². The van der Waals surface area contributed by atoms with Gasteiger partial charge in [-0.25, -0.2) is 0 Å². The summed E-state index contributed by atoms with van der Waals surface area (Å²) in [6.07, 6.45) is -4.33. The third kappa shape index (κ3) is 5.09. The summed E-state index contributed by atoms with van der Waals surface area (Å²) < 4.78 is 45.4. The number of benzene rings is 1. The van der Waals surface area contributed by atoms with Crippen molar-refractivity contribution in [2.24, 2.45) is 0 Å². The van der Waals surface area contributed by atoms with E-state index in [9.17, 15) is 13.2 Å². The van der Waals surface area contributed by atoms with E-state index in [0.717, 1.165) is 37.4 Å². The molecule has 1 aliphatic rings. The fourth-order valence-electron chi connectivity index (χ4n) is 2.18. The van der Waals surface area contributed by atoms with Gasteiger partial charge in [-0.2, -0.15) is 13.2 Å². The van der Waals surface area contributed by atoms with E-state index in [1.807, 2.05) is 19.1 Å². The molecular weight excluding hydrogens is 285 g/mol. The Morgan fingerprint density at radius 1 is 1.24 bits per heavy atom. The lowest BCUT2D eigenvalue weighted by Crippen LogP contribution is -2.43. The topological polar surface area (TPSA) is 33.7 Å². The van der Waals surface area contributed by atoms with Crippen molar-refractivity contribution in [2.45, 2.75) is 13.1 Å². The van der Waals surface area contributed by atoms with E-state index in [2.05, 4.69) is 15.0 Å². The zero-order valence-electron chi connectivity index (χ0n) is 11.9.